The summed E-state index contributed by atoms with van der Waals surface area (Å²) in [5.74, 6) is 0. The average Bonchev–Trinajstić information content (AvgIpc) is 2.26. The molecule has 3 nitrogen and oxygen atoms in total. The molecule has 0 aromatic heterocycles. The van der Waals surface area contributed by atoms with Gasteiger partial charge in [-0.15, -0.1) is 0 Å². The second kappa shape index (κ2) is 5.33. The molecule has 1 rings (SSSR count). The number of hydrogen-bond donors (Lipinski definition) is 0. The summed E-state index contributed by atoms with van der Waals surface area (Å²) >= 11 is 0. The zero-order chi connectivity index (χ0) is 10.6. The molecule has 1 aliphatic heterocycles. The predicted molar refractivity (Wildman–Crippen MR) is 58.0 cm³/mol. The zero-order valence-electron chi connectivity index (χ0n) is 9.53. The Labute approximate surface area is 87.3 Å². The van der Waals surface area contributed by atoms with Crippen LogP contribution in [0.15, 0.2) is 0 Å². The molecule has 1 aliphatic rings. The lowest BCUT2D eigenvalue weighted by molar-refractivity contribution is 0.0774. The van der Waals surface area contributed by atoms with Crippen molar-refractivity contribution in [2.75, 3.05) is 26.2 Å². The van der Waals surface area contributed by atoms with Crippen molar-refractivity contribution >= 4 is 0 Å². The summed E-state index contributed by atoms with van der Waals surface area (Å²) in [6, 6.07) is 3.11. The molecule has 2 unspecified atom stereocenters. The molecule has 14 heavy (non-hydrogen) atoms. The minimum atomic E-state index is 0.0998. The average molecular weight is 195 g/mol. The first kappa shape index (κ1) is 11.5. The fourth-order valence-corrected chi connectivity index (χ4v) is 2.00. The third kappa shape index (κ3) is 2.46. The summed E-state index contributed by atoms with van der Waals surface area (Å²) in [4.78, 5) is 4.69. The van der Waals surface area contributed by atoms with Crippen molar-refractivity contribution in [2.45, 2.75) is 39.3 Å². The van der Waals surface area contributed by atoms with E-state index in [1.54, 1.807) is 0 Å². The molecule has 0 N–H and O–H groups in total. The van der Waals surface area contributed by atoms with Crippen LogP contribution in [-0.4, -0.2) is 48.1 Å². The third-order valence-corrected chi connectivity index (χ3v) is 3.29. The van der Waals surface area contributed by atoms with E-state index >= 15 is 0 Å². The minimum absolute atomic E-state index is 0.0998. The van der Waals surface area contributed by atoms with Gasteiger partial charge in [0.2, 0.25) is 0 Å². The van der Waals surface area contributed by atoms with E-state index in [4.69, 9.17) is 5.26 Å². The molecule has 1 heterocycles. The number of piperazine rings is 1. The standard InChI is InChI=1S/C11H21N3/c1-4-10(3)14-7-6-13(5-2)11(8-12)9-14/h10-11H,4-7,9H2,1-3H3. The van der Waals surface area contributed by atoms with Crippen molar-refractivity contribution in [1.29, 1.82) is 5.26 Å². The number of hydrogen-bond acceptors (Lipinski definition) is 3. The normalized spacial score (nSPS) is 27.1. The van der Waals surface area contributed by atoms with E-state index in [9.17, 15) is 0 Å². The van der Waals surface area contributed by atoms with E-state index in [1.807, 2.05) is 0 Å². The van der Waals surface area contributed by atoms with Gasteiger partial charge in [-0.25, -0.2) is 0 Å². The van der Waals surface area contributed by atoms with Crippen molar-refractivity contribution in [3.8, 4) is 6.07 Å². The summed E-state index contributed by atoms with van der Waals surface area (Å²) < 4.78 is 0. The van der Waals surface area contributed by atoms with Crippen LogP contribution in [0.2, 0.25) is 0 Å². The number of likely N-dealkylation sites (N-methyl/N-ethyl adjacent to an activating group) is 1. The Hall–Kier alpha value is -0.590. The molecule has 0 aliphatic carbocycles. The molecular weight excluding hydrogens is 174 g/mol. The summed E-state index contributed by atoms with van der Waals surface area (Å²) in [5.41, 5.74) is 0. The summed E-state index contributed by atoms with van der Waals surface area (Å²) in [7, 11) is 0. The quantitative estimate of drug-likeness (QED) is 0.680. The maximum absolute atomic E-state index is 9.05. The topological polar surface area (TPSA) is 30.3 Å². The maximum Gasteiger partial charge on any atom is 0.111 e. The Morgan fingerprint density at radius 3 is 2.64 bits per heavy atom. The van der Waals surface area contributed by atoms with Crippen LogP contribution < -0.4 is 0 Å². The molecule has 3 heteroatoms. The van der Waals surface area contributed by atoms with Crippen molar-refractivity contribution in [2.24, 2.45) is 0 Å². The second-order valence-electron chi connectivity index (χ2n) is 4.03. The number of nitrogens with zero attached hydrogens (tertiary/aromatic N) is 3. The van der Waals surface area contributed by atoms with Gasteiger partial charge in [0.05, 0.1) is 6.07 Å². The first-order valence-corrected chi connectivity index (χ1v) is 5.60. The van der Waals surface area contributed by atoms with E-state index in [0.29, 0.717) is 6.04 Å². The highest BCUT2D eigenvalue weighted by Gasteiger charge is 2.27. The van der Waals surface area contributed by atoms with Crippen molar-refractivity contribution in [3.63, 3.8) is 0 Å². The van der Waals surface area contributed by atoms with Gasteiger partial charge in [0.15, 0.2) is 0 Å². The Morgan fingerprint density at radius 2 is 2.14 bits per heavy atom. The summed E-state index contributed by atoms with van der Waals surface area (Å²) in [5, 5.41) is 9.05. The van der Waals surface area contributed by atoms with Gasteiger partial charge in [0, 0.05) is 25.7 Å². The zero-order valence-corrected chi connectivity index (χ0v) is 9.53. The Kier molecular flexibility index (Phi) is 4.37. The predicted octanol–water partition coefficient (Wildman–Crippen LogP) is 1.31. The molecule has 0 spiro atoms. The number of nitriles is 1. The van der Waals surface area contributed by atoms with Gasteiger partial charge in [-0.05, 0) is 19.9 Å². The smallest absolute Gasteiger partial charge is 0.111 e. The monoisotopic (exact) mass is 195 g/mol. The number of rotatable bonds is 3. The molecule has 0 radical (unpaired) electrons. The van der Waals surface area contributed by atoms with Crippen LogP contribution in [0.1, 0.15) is 27.2 Å². The highest BCUT2D eigenvalue weighted by molar-refractivity contribution is 4.97. The van der Waals surface area contributed by atoms with E-state index in [1.165, 1.54) is 6.42 Å². The van der Waals surface area contributed by atoms with Crippen molar-refractivity contribution in [3.05, 3.63) is 0 Å². The molecule has 0 bridgehead atoms. The SMILES string of the molecule is CCC(C)N1CCN(CC)C(C#N)C1. The van der Waals surface area contributed by atoms with Crippen LogP contribution in [0.4, 0.5) is 0 Å². The molecule has 0 amide bonds. The Bertz CT molecular complexity index is 209. The van der Waals surface area contributed by atoms with Crippen LogP contribution in [0.3, 0.4) is 0 Å². The fourth-order valence-electron chi connectivity index (χ4n) is 2.00. The lowest BCUT2D eigenvalue weighted by Gasteiger charge is -2.40. The van der Waals surface area contributed by atoms with Crippen molar-refractivity contribution < 1.29 is 0 Å². The fraction of sp³-hybridized carbons (Fsp3) is 0.909. The molecule has 0 aromatic carbocycles. The van der Waals surface area contributed by atoms with E-state index in [0.717, 1.165) is 26.2 Å². The second-order valence-corrected chi connectivity index (χ2v) is 4.03. The van der Waals surface area contributed by atoms with Gasteiger partial charge in [0.1, 0.15) is 6.04 Å². The minimum Gasteiger partial charge on any atom is -0.297 e. The molecule has 0 aromatic rings. The lowest BCUT2D eigenvalue weighted by atomic mass is 10.1. The van der Waals surface area contributed by atoms with Crippen LogP contribution >= 0.6 is 0 Å². The first-order chi connectivity index (χ1) is 6.72. The first-order valence-electron chi connectivity index (χ1n) is 5.60. The summed E-state index contributed by atoms with van der Waals surface area (Å²) in [6.07, 6.45) is 1.17. The van der Waals surface area contributed by atoms with E-state index < -0.39 is 0 Å². The molecular formula is C11H21N3. The van der Waals surface area contributed by atoms with Gasteiger partial charge in [-0.1, -0.05) is 13.8 Å². The molecule has 0 saturated carbocycles. The highest BCUT2D eigenvalue weighted by Crippen LogP contribution is 2.13. The molecule has 80 valence electrons. The van der Waals surface area contributed by atoms with Crippen LogP contribution in [0.25, 0.3) is 0 Å². The van der Waals surface area contributed by atoms with Crippen LogP contribution in [0, 0.1) is 11.3 Å². The molecule has 1 saturated heterocycles. The molecule has 2 atom stereocenters. The molecule has 1 fully saturated rings. The van der Waals surface area contributed by atoms with Gasteiger partial charge in [0.25, 0.3) is 0 Å². The van der Waals surface area contributed by atoms with Gasteiger partial charge in [-0.2, -0.15) is 5.26 Å². The van der Waals surface area contributed by atoms with E-state index in [-0.39, 0.29) is 6.04 Å². The largest absolute Gasteiger partial charge is 0.297 e. The lowest BCUT2D eigenvalue weighted by Crippen LogP contribution is -2.54. The third-order valence-electron chi connectivity index (χ3n) is 3.29. The van der Waals surface area contributed by atoms with Crippen LogP contribution in [0.5, 0.6) is 0 Å². The van der Waals surface area contributed by atoms with E-state index in [2.05, 4.69) is 36.6 Å². The Balaban J connectivity index is 2.53. The van der Waals surface area contributed by atoms with Gasteiger partial charge in [-0.3, -0.25) is 9.80 Å². The van der Waals surface area contributed by atoms with Gasteiger partial charge < -0.3 is 0 Å². The van der Waals surface area contributed by atoms with Crippen LogP contribution in [-0.2, 0) is 0 Å². The maximum atomic E-state index is 9.05. The Morgan fingerprint density at radius 1 is 1.43 bits per heavy atom. The highest BCUT2D eigenvalue weighted by atomic mass is 15.3. The van der Waals surface area contributed by atoms with Gasteiger partial charge >= 0.3 is 0 Å². The van der Waals surface area contributed by atoms with Crippen molar-refractivity contribution in [1.82, 2.24) is 9.80 Å². The summed E-state index contributed by atoms with van der Waals surface area (Å²) in [6.45, 7) is 10.6.